The van der Waals surface area contributed by atoms with Crippen LogP contribution < -0.4 is 5.14 Å². The molecule has 0 unspecified atom stereocenters. The van der Waals surface area contributed by atoms with Crippen LogP contribution in [0.15, 0.2) is 47.4 Å². The van der Waals surface area contributed by atoms with Crippen molar-refractivity contribution in [1.29, 1.82) is 0 Å². The summed E-state index contributed by atoms with van der Waals surface area (Å²) in [7, 11) is -3.83. The summed E-state index contributed by atoms with van der Waals surface area (Å²) >= 11 is 0. The summed E-state index contributed by atoms with van der Waals surface area (Å²) in [5, 5.41) is 5.10. The van der Waals surface area contributed by atoms with Crippen molar-refractivity contribution in [3.05, 3.63) is 54.3 Å². The van der Waals surface area contributed by atoms with Crippen LogP contribution in [0.1, 0.15) is 0 Å². The van der Waals surface area contributed by atoms with Crippen molar-refractivity contribution in [1.82, 2.24) is 0 Å². The molecule has 0 aromatic heterocycles. The largest absolute Gasteiger partial charge is 0.238 e. The molecule has 0 saturated carbocycles. The first kappa shape index (κ1) is 11.8. The van der Waals surface area contributed by atoms with Gasteiger partial charge in [-0.25, -0.2) is 17.9 Å². The van der Waals surface area contributed by atoms with Crippen LogP contribution in [0, 0.1) is 11.9 Å². The Kier molecular flexibility index (Phi) is 2.95. The minimum absolute atomic E-state index is 0.0226. The lowest BCUT2D eigenvalue weighted by atomic mass is 10.1. The van der Waals surface area contributed by atoms with Gasteiger partial charge in [0.05, 0.1) is 4.90 Å². The Bertz CT molecular complexity index is 653. The van der Waals surface area contributed by atoms with Gasteiger partial charge in [-0.15, -0.1) is 0 Å². The van der Waals surface area contributed by atoms with Gasteiger partial charge in [-0.2, -0.15) is 0 Å². The van der Waals surface area contributed by atoms with Gasteiger partial charge < -0.3 is 0 Å². The van der Waals surface area contributed by atoms with Gasteiger partial charge in [-0.05, 0) is 17.7 Å². The number of benzene rings is 2. The highest BCUT2D eigenvalue weighted by Gasteiger charge is 2.14. The van der Waals surface area contributed by atoms with Gasteiger partial charge in [0.15, 0.2) is 0 Å². The molecule has 2 N–H and O–H groups in total. The molecule has 17 heavy (non-hydrogen) atoms. The quantitative estimate of drug-likeness (QED) is 0.885. The number of hydrogen-bond donors (Lipinski definition) is 1. The standard InChI is InChI=1S/C12H9FNO2S/c13-10-5-3-4-9(8-10)11-6-1-2-7-12(11)17(14,15)16/h1-4,6-8H,(H2,14,15,16). The summed E-state index contributed by atoms with van der Waals surface area (Å²) < 4.78 is 35.8. The first-order valence-corrected chi connectivity index (χ1v) is 6.32. The zero-order valence-corrected chi connectivity index (χ0v) is 9.54. The highest BCUT2D eigenvalue weighted by molar-refractivity contribution is 7.89. The smallest absolute Gasteiger partial charge is 0.225 e. The molecule has 0 spiro atoms. The molecule has 0 bridgehead atoms. The molecule has 5 heteroatoms. The lowest BCUT2D eigenvalue weighted by Gasteiger charge is -2.07. The minimum atomic E-state index is -3.83. The predicted molar refractivity (Wildman–Crippen MR) is 62.0 cm³/mol. The maximum Gasteiger partial charge on any atom is 0.238 e. The Hall–Kier alpha value is -1.72. The second-order valence-electron chi connectivity index (χ2n) is 3.47. The van der Waals surface area contributed by atoms with Gasteiger partial charge in [-0.1, -0.05) is 30.3 Å². The predicted octanol–water partition coefficient (Wildman–Crippen LogP) is 1.94. The lowest BCUT2D eigenvalue weighted by Crippen LogP contribution is -2.13. The zero-order valence-electron chi connectivity index (χ0n) is 8.72. The third-order valence-electron chi connectivity index (χ3n) is 2.27. The van der Waals surface area contributed by atoms with Gasteiger partial charge in [0.2, 0.25) is 10.0 Å². The second kappa shape index (κ2) is 4.27. The molecule has 3 nitrogen and oxygen atoms in total. The van der Waals surface area contributed by atoms with E-state index < -0.39 is 15.8 Å². The summed E-state index contributed by atoms with van der Waals surface area (Å²) in [6.45, 7) is 0. The third-order valence-corrected chi connectivity index (χ3v) is 3.24. The van der Waals surface area contributed by atoms with Crippen LogP contribution in [-0.2, 0) is 10.0 Å². The molecule has 0 aliphatic heterocycles. The van der Waals surface area contributed by atoms with Crippen LogP contribution in [0.4, 0.5) is 4.39 Å². The van der Waals surface area contributed by atoms with Crippen molar-refractivity contribution in [2.75, 3.05) is 0 Å². The van der Waals surface area contributed by atoms with E-state index in [2.05, 4.69) is 6.07 Å². The van der Waals surface area contributed by atoms with Crippen molar-refractivity contribution < 1.29 is 12.8 Å². The normalized spacial score (nSPS) is 11.4. The Balaban J connectivity index is 2.69. The highest BCUT2D eigenvalue weighted by Crippen LogP contribution is 2.26. The van der Waals surface area contributed by atoms with E-state index in [4.69, 9.17) is 5.14 Å². The van der Waals surface area contributed by atoms with E-state index in [1.54, 1.807) is 24.3 Å². The van der Waals surface area contributed by atoms with Crippen molar-refractivity contribution >= 4 is 10.0 Å². The Morgan fingerprint density at radius 3 is 2.53 bits per heavy atom. The van der Waals surface area contributed by atoms with E-state index in [-0.39, 0.29) is 4.90 Å². The van der Waals surface area contributed by atoms with Crippen LogP contribution in [0.3, 0.4) is 0 Å². The van der Waals surface area contributed by atoms with E-state index >= 15 is 0 Å². The van der Waals surface area contributed by atoms with Crippen LogP contribution in [0.5, 0.6) is 0 Å². The molecule has 0 fully saturated rings. The molecule has 0 aliphatic carbocycles. The Morgan fingerprint density at radius 1 is 1.18 bits per heavy atom. The first-order chi connectivity index (χ1) is 7.98. The third kappa shape index (κ3) is 2.51. The molecular formula is C12H9FNO2S. The second-order valence-corrected chi connectivity index (χ2v) is 5.00. The molecule has 0 saturated heterocycles. The van der Waals surface area contributed by atoms with Crippen molar-refractivity contribution in [2.24, 2.45) is 5.14 Å². The fourth-order valence-electron chi connectivity index (χ4n) is 1.56. The summed E-state index contributed by atoms with van der Waals surface area (Å²) in [4.78, 5) is -0.0226. The van der Waals surface area contributed by atoms with Crippen LogP contribution >= 0.6 is 0 Å². The minimum Gasteiger partial charge on any atom is -0.225 e. The average molecular weight is 250 g/mol. The Labute approximate surface area is 98.8 Å². The van der Waals surface area contributed by atoms with Gasteiger partial charge in [0.25, 0.3) is 0 Å². The fourth-order valence-corrected chi connectivity index (χ4v) is 2.32. The van der Waals surface area contributed by atoms with Gasteiger partial charge >= 0.3 is 0 Å². The molecule has 0 atom stereocenters. The number of halogens is 1. The average Bonchev–Trinajstić information content (AvgIpc) is 2.28. The van der Waals surface area contributed by atoms with Gasteiger partial charge in [0.1, 0.15) is 5.82 Å². The van der Waals surface area contributed by atoms with Gasteiger partial charge in [-0.3, -0.25) is 0 Å². The topological polar surface area (TPSA) is 60.2 Å². The summed E-state index contributed by atoms with van der Waals surface area (Å²) in [6.07, 6.45) is 0. The van der Waals surface area contributed by atoms with Crippen molar-refractivity contribution in [3.8, 4) is 11.1 Å². The van der Waals surface area contributed by atoms with E-state index in [1.165, 1.54) is 18.2 Å². The summed E-state index contributed by atoms with van der Waals surface area (Å²) in [6, 6.07) is 12.7. The monoisotopic (exact) mass is 250 g/mol. The lowest BCUT2D eigenvalue weighted by molar-refractivity contribution is 0.598. The van der Waals surface area contributed by atoms with Gasteiger partial charge in [0, 0.05) is 11.6 Å². The molecular weight excluding hydrogens is 241 g/mol. The molecule has 2 aromatic rings. The fraction of sp³-hybridized carbons (Fsp3) is 0. The van der Waals surface area contributed by atoms with E-state index in [1.807, 2.05) is 0 Å². The number of rotatable bonds is 2. The molecule has 1 radical (unpaired) electrons. The number of sulfonamides is 1. The maximum absolute atomic E-state index is 13.0. The molecule has 0 heterocycles. The van der Waals surface area contributed by atoms with Crippen molar-refractivity contribution in [2.45, 2.75) is 4.90 Å². The molecule has 87 valence electrons. The molecule has 0 amide bonds. The Morgan fingerprint density at radius 2 is 1.88 bits per heavy atom. The SMILES string of the molecule is NS(=O)(=O)c1ccccc1-c1cc[c]c(F)c1. The summed E-state index contributed by atoms with van der Waals surface area (Å²) in [5.41, 5.74) is 0.828. The highest BCUT2D eigenvalue weighted by atomic mass is 32.2. The van der Waals surface area contributed by atoms with Crippen LogP contribution in [0.25, 0.3) is 11.1 Å². The van der Waals surface area contributed by atoms with E-state index in [0.717, 1.165) is 0 Å². The summed E-state index contributed by atoms with van der Waals surface area (Å²) in [5.74, 6) is -0.549. The molecule has 2 aromatic carbocycles. The van der Waals surface area contributed by atoms with E-state index in [0.29, 0.717) is 11.1 Å². The van der Waals surface area contributed by atoms with Crippen LogP contribution in [0.2, 0.25) is 0 Å². The number of hydrogen-bond acceptors (Lipinski definition) is 2. The maximum atomic E-state index is 13.0. The molecule has 2 rings (SSSR count). The zero-order chi connectivity index (χ0) is 12.5. The molecule has 0 aliphatic rings. The van der Waals surface area contributed by atoms with E-state index in [9.17, 15) is 12.8 Å². The number of nitrogens with two attached hydrogens (primary N) is 1. The van der Waals surface area contributed by atoms with Crippen LogP contribution in [-0.4, -0.2) is 8.42 Å². The first-order valence-electron chi connectivity index (χ1n) is 4.78. The van der Waals surface area contributed by atoms with Crippen molar-refractivity contribution in [3.63, 3.8) is 0 Å². The number of primary sulfonamides is 1.